The second kappa shape index (κ2) is 10.0. The molecule has 0 spiro atoms. The third-order valence-corrected chi connectivity index (χ3v) is 7.43. The molecule has 1 amide bonds. The second-order valence-electron chi connectivity index (χ2n) is 8.30. The largest absolute Gasteiger partial charge is 0.376 e. The number of carbonyl (C=O) groups is 1. The highest BCUT2D eigenvalue weighted by Crippen LogP contribution is 2.35. The first-order valence-corrected chi connectivity index (χ1v) is 12.5. The molecule has 0 radical (unpaired) electrons. The fraction of sp³-hybridized carbons (Fsp3) is 0.259. The fourth-order valence-corrected chi connectivity index (χ4v) is 5.67. The summed E-state index contributed by atoms with van der Waals surface area (Å²) in [5.74, 6) is 0.00301. The standard InChI is InChI=1S/C27H25ClN2O2S/c28-23-14-7-15-24-26(23)29-27(33-24)30(18-21-13-8-16-32-21)25(31)17-22(19-9-3-1-4-10-19)20-11-5-2-6-12-20/h1-7,9-12,14-15,21-22H,8,13,16-18H2. The molecule has 1 aliphatic heterocycles. The van der Waals surface area contributed by atoms with Crippen LogP contribution in [0.2, 0.25) is 5.02 Å². The summed E-state index contributed by atoms with van der Waals surface area (Å²) in [5, 5.41) is 1.28. The summed E-state index contributed by atoms with van der Waals surface area (Å²) in [4.78, 5) is 20.4. The molecule has 5 rings (SSSR count). The van der Waals surface area contributed by atoms with Crippen LogP contribution in [0, 0.1) is 0 Å². The van der Waals surface area contributed by atoms with Gasteiger partial charge < -0.3 is 4.74 Å². The SMILES string of the molecule is O=C(CC(c1ccccc1)c1ccccc1)N(CC1CCCO1)c1nc2c(Cl)cccc2s1. The number of rotatable bonds is 7. The van der Waals surface area contributed by atoms with E-state index >= 15 is 0 Å². The molecule has 0 aliphatic carbocycles. The Morgan fingerprint density at radius 2 is 1.73 bits per heavy atom. The van der Waals surface area contributed by atoms with Crippen LogP contribution in [0.3, 0.4) is 0 Å². The monoisotopic (exact) mass is 476 g/mol. The number of thiazole rings is 1. The Kier molecular flexibility index (Phi) is 6.72. The predicted octanol–water partition coefficient (Wildman–Crippen LogP) is 6.68. The van der Waals surface area contributed by atoms with Crippen molar-refractivity contribution in [1.29, 1.82) is 0 Å². The van der Waals surface area contributed by atoms with Gasteiger partial charge in [0.25, 0.3) is 0 Å². The predicted molar refractivity (Wildman–Crippen MR) is 135 cm³/mol. The molecule has 168 valence electrons. The van der Waals surface area contributed by atoms with Gasteiger partial charge in [-0.1, -0.05) is 89.7 Å². The Morgan fingerprint density at radius 1 is 1.03 bits per heavy atom. The van der Waals surface area contributed by atoms with Crippen LogP contribution >= 0.6 is 22.9 Å². The maximum atomic E-state index is 13.9. The minimum absolute atomic E-state index is 0.0309. The van der Waals surface area contributed by atoms with Crippen molar-refractivity contribution in [3.8, 4) is 0 Å². The van der Waals surface area contributed by atoms with Crippen LogP contribution in [-0.2, 0) is 9.53 Å². The number of hydrogen-bond donors (Lipinski definition) is 0. The van der Waals surface area contributed by atoms with Gasteiger partial charge in [-0.15, -0.1) is 0 Å². The van der Waals surface area contributed by atoms with Gasteiger partial charge in [0.05, 0.1) is 22.4 Å². The van der Waals surface area contributed by atoms with Crippen LogP contribution < -0.4 is 4.90 Å². The van der Waals surface area contributed by atoms with Crippen molar-refractivity contribution in [3.63, 3.8) is 0 Å². The smallest absolute Gasteiger partial charge is 0.229 e. The lowest BCUT2D eigenvalue weighted by atomic mass is 9.88. The number of nitrogens with zero attached hydrogens (tertiary/aromatic N) is 2. The lowest BCUT2D eigenvalue weighted by Gasteiger charge is -2.26. The van der Waals surface area contributed by atoms with Crippen LogP contribution in [0.5, 0.6) is 0 Å². The van der Waals surface area contributed by atoms with Crippen molar-refractivity contribution >= 4 is 44.2 Å². The van der Waals surface area contributed by atoms with Crippen molar-refractivity contribution in [1.82, 2.24) is 4.98 Å². The number of fused-ring (bicyclic) bond motifs is 1. The van der Waals surface area contributed by atoms with E-state index in [1.165, 1.54) is 11.3 Å². The lowest BCUT2D eigenvalue weighted by molar-refractivity contribution is -0.119. The van der Waals surface area contributed by atoms with Gasteiger partial charge in [0, 0.05) is 18.9 Å². The Morgan fingerprint density at radius 3 is 2.33 bits per heavy atom. The number of amides is 1. The van der Waals surface area contributed by atoms with E-state index < -0.39 is 0 Å². The van der Waals surface area contributed by atoms with Crippen molar-refractivity contribution in [2.24, 2.45) is 0 Å². The number of ether oxygens (including phenoxy) is 1. The summed E-state index contributed by atoms with van der Waals surface area (Å²) in [6, 6.07) is 26.2. The van der Waals surface area contributed by atoms with Gasteiger partial charge in [0.2, 0.25) is 5.91 Å². The van der Waals surface area contributed by atoms with E-state index in [2.05, 4.69) is 24.3 Å². The van der Waals surface area contributed by atoms with E-state index in [-0.39, 0.29) is 17.9 Å². The number of hydrogen-bond acceptors (Lipinski definition) is 4. The molecule has 1 aliphatic rings. The molecular weight excluding hydrogens is 452 g/mol. The first-order valence-electron chi connectivity index (χ1n) is 11.3. The molecular formula is C27H25ClN2O2S. The fourth-order valence-electron chi connectivity index (χ4n) is 4.38. The zero-order valence-corrected chi connectivity index (χ0v) is 19.8. The highest BCUT2D eigenvalue weighted by atomic mass is 35.5. The lowest BCUT2D eigenvalue weighted by Crippen LogP contribution is -2.38. The van der Waals surface area contributed by atoms with Crippen molar-refractivity contribution < 1.29 is 9.53 Å². The highest BCUT2D eigenvalue weighted by molar-refractivity contribution is 7.22. The van der Waals surface area contributed by atoms with Gasteiger partial charge in [-0.3, -0.25) is 9.69 Å². The summed E-state index contributed by atoms with van der Waals surface area (Å²) in [6.45, 7) is 1.25. The molecule has 0 bridgehead atoms. The Hall–Kier alpha value is -2.73. The van der Waals surface area contributed by atoms with Crippen LogP contribution in [0.1, 0.15) is 36.3 Å². The maximum Gasteiger partial charge on any atom is 0.229 e. The molecule has 1 unspecified atom stereocenters. The molecule has 1 fully saturated rings. The van der Waals surface area contributed by atoms with Gasteiger partial charge in [-0.2, -0.15) is 0 Å². The molecule has 4 aromatic rings. The Balaban J connectivity index is 1.49. The number of carbonyl (C=O) groups excluding carboxylic acids is 1. The number of halogens is 1. The number of para-hydroxylation sites is 1. The third kappa shape index (κ3) is 4.96. The maximum absolute atomic E-state index is 13.9. The quantitative estimate of drug-likeness (QED) is 0.298. The first-order chi connectivity index (χ1) is 16.2. The molecule has 0 N–H and O–H groups in total. The number of benzene rings is 3. The van der Waals surface area contributed by atoms with Gasteiger partial charge in [0.1, 0.15) is 5.52 Å². The van der Waals surface area contributed by atoms with E-state index in [9.17, 15) is 4.79 Å². The summed E-state index contributed by atoms with van der Waals surface area (Å²) >= 11 is 7.89. The summed E-state index contributed by atoms with van der Waals surface area (Å²) < 4.78 is 6.86. The van der Waals surface area contributed by atoms with Crippen LogP contribution in [-0.4, -0.2) is 30.1 Å². The minimum atomic E-state index is -0.0372. The van der Waals surface area contributed by atoms with Crippen LogP contribution in [0.4, 0.5) is 5.13 Å². The average molecular weight is 477 g/mol. The molecule has 1 aromatic heterocycles. The molecule has 1 saturated heterocycles. The molecule has 6 heteroatoms. The third-order valence-electron chi connectivity index (χ3n) is 6.08. The zero-order valence-electron chi connectivity index (χ0n) is 18.2. The van der Waals surface area contributed by atoms with E-state index in [0.717, 1.165) is 40.8 Å². The topological polar surface area (TPSA) is 42.4 Å². The molecule has 4 nitrogen and oxygen atoms in total. The molecule has 1 atom stereocenters. The van der Waals surface area contributed by atoms with Gasteiger partial charge >= 0.3 is 0 Å². The van der Waals surface area contributed by atoms with Crippen LogP contribution in [0.25, 0.3) is 10.2 Å². The molecule has 2 heterocycles. The normalized spacial score (nSPS) is 15.9. The molecule has 0 saturated carbocycles. The van der Waals surface area contributed by atoms with Crippen molar-refractivity contribution in [3.05, 3.63) is 95.0 Å². The average Bonchev–Trinajstić information content (AvgIpc) is 3.52. The summed E-state index contributed by atoms with van der Waals surface area (Å²) in [7, 11) is 0. The van der Waals surface area contributed by atoms with Crippen LogP contribution in [0.15, 0.2) is 78.9 Å². The van der Waals surface area contributed by atoms with E-state index in [4.69, 9.17) is 21.3 Å². The Labute approximate surface area is 202 Å². The van der Waals surface area contributed by atoms with Crippen molar-refractivity contribution in [2.75, 3.05) is 18.1 Å². The van der Waals surface area contributed by atoms with Gasteiger partial charge in [-0.05, 0) is 36.1 Å². The molecule has 3 aromatic carbocycles. The van der Waals surface area contributed by atoms with Gasteiger partial charge in [-0.25, -0.2) is 4.98 Å². The number of aromatic nitrogens is 1. The zero-order chi connectivity index (χ0) is 22.6. The van der Waals surface area contributed by atoms with Crippen molar-refractivity contribution in [2.45, 2.75) is 31.3 Å². The second-order valence-corrected chi connectivity index (χ2v) is 9.72. The van der Waals surface area contributed by atoms with Gasteiger partial charge in [0.15, 0.2) is 5.13 Å². The number of anilines is 1. The van der Waals surface area contributed by atoms with E-state index in [0.29, 0.717) is 23.1 Å². The van der Waals surface area contributed by atoms with E-state index in [1.807, 2.05) is 59.5 Å². The first kappa shape index (κ1) is 22.1. The van der Waals surface area contributed by atoms with E-state index in [1.54, 1.807) is 0 Å². The highest BCUT2D eigenvalue weighted by Gasteiger charge is 2.29. The summed E-state index contributed by atoms with van der Waals surface area (Å²) in [5.41, 5.74) is 3.00. The summed E-state index contributed by atoms with van der Waals surface area (Å²) in [6.07, 6.45) is 2.36. The minimum Gasteiger partial charge on any atom is -0.376 e. The Bertz CT molecular complexity index is 1180. The molecule has 33 heavy (non-hydrogen) atoms.